The molecule has 3 rings (SSSR count). The Balaban J connectivity index is 2.09. The predicted molar refractivity (Wildman–Crippen MR) is 117 cm³/mol. The molecule has 0 unspecified atom stereocenters. The number of hydrogen-bond donors (Lipinski definition) is 0. The fourth-order valence-electron chi connectivity index (χ4n) is 3.10. The molecule has 0 atom stereocenters. The van der Waals surface area contributed by atoms with E-state index in [9.17, 15) is 18.0 Å². The van der Waals surface area contributed by atoms with Gasteiger partial charge in [0.2, 0.25) is 0 Å². The second-order valence-corrected chi connectivity index (χ2v) is 8.68. The average Bonchev–Trinajstić information content (AvgIpc) is 3.00. The lowest BCUT2D eigenvalue weighted by Crippen LogP contribution is -2.26. The molecule has 31 heavy (non-hydrogen) atoms. The molecule has 0 radical (unpaired) electrons. The van der Waals surface area contributed by atoms with Gasteiger partial charge in [-0.25, -0.2) is 18.0 Å². The van der Waals surface area contributed by atoms with Crippen LogP contribution in [0.1, 0.15) is 0 Å². The minimum Gasteiger partial charge on any atom is -0.465 e. The first-order valence-electron chi connectivity index (χ1n) is 9.22. The molecule has 0 fully saturated rings. The van der Waals surface area contributed by atoms with Crippen molar-refractivity contribution in [3.8, 4) is 11.1 Å². The maximum atomic E-state index is 12.6. The van der Waals surface area contributed by atoms with Crippen LogP contribution in [0.15, 0.2) is 89.1 Å². The highest BCUT2D eigenvalue weighted by Crippen LogP contribution is 2.30. The third kappa shape index (κ3) is 4.75. The van der Waals surface area contributed by atoms with E-state index in [0.29, 0.717) is 5.69 Å². The van der Waals surface area contributed by atoms with Crippen molar-refractivity contribution in [2.45, 2.75) is 4.90 Å². The molecule has 0 spiro atoms. The molecule has 0 amide bonds. The van der Waals surface area contributed by atoms with Gasteiger partial charge in [0.1, 0.15) is 5.70 Å². The van der Waals surface area contributed by atoms with E-state index in [2.05, 4.69) is 0 Å². The van der Waals surface area contributed by atoms with Crippen LogP contribution in [0.2, 0.25) is 0 Å². The summed E-state index contributed by atoms with van der Waals surface area (Å²) in [5.74, 6) is -1.36. The van der Waals surface area contributed by atoms with Crippen LogP contribution in [0.3, 0.4) is 0 Å². The van der Waals surface area contributed by atoms with E-state index in [4.69, 9.17) is 9.47 Å². The molecule has 0 saturated carbocycles. The number of ether oxygens (including phenoxy) is 2. The molecule has 1 heterocycles. The number of rotatable bonds is 5. The minimum atomic E-state index is -3.29. The zero-order valence-electron chi connectivity index (χ0n) is 17.2. The van der Waals surface area contributed by atoms with Gasteiger partial charge in [-0.3, -0.25) is 0 Å². The van der Waals surface area contributed by atoms with Crippen molar-refractivity contribution >= 4 is 27.5 Å². The third-order valence-electron chi connectivity index (χ3n) is 4.63. The summed E-state index contributed by atoms with van der Waals surface area (Å²) in [6.07, 6.45) is 7.60. The third-order valence-corrected chi connectivity index (χ3v) is 5.76. The highest BCUT2D eigenvalue weighted by atomic mass is 32.2. The first-order chi connectivity index (χ1) is 14.8. The van der Waals surface area contributed by atoms with E-state index in [1.165, 1.54) is 20.3 Å². The van der Waals surface area contributed by atoms with Crippen LogP contribution in [-0.2, 0) is 28.9 Å². The molecule has 7 nitrogen and oxygen atoms in total. The smallest absolute Gasteiger partial charge is 0.355 e. The van der Waals surface area contributed by atoms with Gasteiger partial charge in [0.15, 0.2) is 9.84 Å². The lowest BCUT2D eigenvalue weighted by atomic mass is 10.0. The van der Waals surface area contributed by atoms with Gasteiger partial charge in [-0.05, 0) is 47.5 Å². The van der Waals surface area contributed by atoms with E-state index in [1.807, 2.05) is 12.1 Å². The maximum absolute atomic E-state index is 12.6. The molecular weight excluding hydrogens is 418 g/mol. The first kappa shape index (κ1) is 22.0. The second-order valence-electron chi connectivity index (χ2n) is 6.66. The summed E-state index contributed by atoms with van der Waals surface area (Å²) in [5.41, 5.74) is 2.27. The standard InChI is InChI=1S/C23H21NO6S/c1-29-22(25)20-9-4-5-14-24(21(20)23(26)30-2)18-8-6-7-17(15-18)16-10-12-19(13-11-16)31(3,27)28/h4-15H,1-3H3. The van der Waals surface area contributed by atoms with Crippen molar-refractivity contribution in [1.82, 2.24) is 0 Å². The van der Waals surface area contributed by atoms with Crippen LogP contribution in [0.25, 0.3) is 11.1 Å². The van der Waals surface area contributed by atoms with Gasteiger partial charge in [-0.15, -0.1) is 0 Å². The number of methoxy groups -OCH3 is 2. The van der Waals surface area contributed by atoms with Crippen molar-refractivity contribution in [1.29, 1.82) is 0 Å². The molecule has 0 N–H and O–H groups in total. The van der Waals surface area contributed by atoms with Gasteiger partial charge in [-0.2, -0.15) is 0 Å². The summed E-state index contributed by atoms with van der Waals surface area (Å²) >= 11 is 0. The minimum absolute atomic E-state index is 0.0175. The molecule has 0 saturated heterocycles. The fraction of sp³-hybridized carbons (Fsp3) is 0.130. The number of anilines is 1. The Morgan fingerprint density at radius 2 is 1.55 bits per heavy atom. The van der Waals surface area contributed by atoms with Gasteiger partial charge < -0.3 is 14.4 Å². The SMILES string of the molecule is COC(=O)C1=C(C(=O)OC)N(c2cccc(-c3ccc(S(C)(=O)=O)cc3)c2)C=CC=C1. The zero-order valence-corrected chi connectivity index (χ0v) is 18.0. The number of esters is 2. The number of sulfone groups is 1. The number of nitrogens with zero attached hydrogens (tertiary/aromatic N) is 1. The van der Waals surface area contributed by atoms with E-state index in [0.717, 1.165) is 17.4 Å². The molecule has 1 aliphatic heterocycles. The molecule has 2 aromatic carbocycles. The summed E-state index contributed by atoms with van der Waals surface area (Å²) in [7, 11) is -0.819. The van der Waals surface area contributed by atoms with Crippen LogP contribution < -0.4 is 4.90 Å². The van der Waals surface area contributed by atoms with Crippen molar-refractivity contribution < 1.29 is 27.5 Å². The van der Waals surface area contributed by atoms with Crippen LogP contribution in [0, 0.1) is 0 Å². The van der Waals surface area contributed by atoms with Crippen LogP contribution in [-0.4, -0.2) is 40.8 Å². The number of allylic oxidation sites excluding steroid dienone is 2. The highest BCUT2D eigenvalue weighted by molar-refractivity contribution is 7.90. The van der Waals surface area contributed by atoms with Crippen LogP contribution in [0.5, 0.6) is 0 Å². The Morgan fingerprint density at radius 3 is 2.16 bits per heavy atom. The largest absolute Gasteiger partial charge is 0.465 e. The Morgan fingerprint density at radius 1 is 0.871 bits per heavy atom. The lowest BCUT2D eigenvalue weighted by molar-refractivity contribution is -0.139. The molecule has 0 aromatic heterocycles. The summed E-state index contributed by atoms with van der Waals surface area (Å²) in [5, 5.41) is 0. The van der Waals surface area contributed by atoms with Crippen molar-refractivity contribution in [3.63, 3.8) is 0 Å². The lowest BCUT2D eigenvalue weighted by Gasteiger charge is -2.23. The normalized spacial score (nSPS) is 13.7. The topological polar surface area (TPSA) is 90.0 Å². The zero-order chi connectivity index (χ0) is 22.6. The first-order valence-corrected chi connectivity index (χ1v) is 11.1. The van der Waals surface area contributed by atoms with Gasteiger partial charge in [0.05, 0.1) is 24.7 Å². The Bertz CT molecular complexity index is 1210. The Labute approximate surface area is 180 Å². The second kappa shape index (κ2) is 9.01. The van der Waals surface area contributed by atoms with E-state index < -0.39 is 21.8 Å². The summed E-state index contributed by atoms with van der Waals surface area (Å²) < 4.78 is 33.1. The van der Waals surface area contributed by atoms with E-state index in [1.54, 1.807) is 59.7 Å². The summed E-state index contributed by atoms with van der Waals surface area (Å²) in [6, 6.07) is 13.8. The highest BCUT2D eigenvalue weighted by Gasteiger charge is 2.27. The quantitative estimate of drug-likeness (QED) is 0.661. The molecule has 0 bridgehead atoms. The molecule has 8 heteroatoms. The van der Waals surface area contributed by atoms with Gasteiger partial charge in [0.25, 0.3) is 0 Å². The molecular formula is C23H21NO6S. The average molecular weight is 439 g/mol. The predicted octanol–water partition coefficient (Wildman–Crippen LogP) is 3.25. The Kier molecular flexibility index (Phi) is 6.41. The number of carbonyl (C=O) groups is 2. The van der Waals surface area contributed by atoms with Crippen molar-refractivity contribution in [2.75, 3.05) is 25.4 Å². The van der Waals surface area contributed by atoms with E-state index in [-0.39, 0.29) is 16.2 Å². The van der Waals surface area contributed by atoms with Gasteiger partial charge in [-0.1, -0.05) is 30.3 Å². The van der Waals surface area contributed by atoms with Gasteiger partial charge >= 0.3 is 11.9 Å². The van der Waals surface area contributed by atoms with Crippen LogP contribution in [0.4, 0.5) is 5.69 Å². The van der Waals surface area contributed by atoms with Crippen molar-refractivity contribution in [2.24, 2.45) is 0 Å². The number of benzene rings is 2. The molecule has 160 valence electrons. The fourth-order valence-corrected chi connectivity index (χ4v) is 3.73. The molecule has 2 aromatic rings. The van der Waals surface area contributed by atoms with E-state index >= 15 is 0 Å². The Hall–Kier alpha value is -3.65. The van der Waals surface area contributed by atoms with Gasteiger partial charge in [0, 0.05) is 18.1 Å². The summed E-state index contributed by atoms with van der Waals surface area (Å²) in [6.45, 7) is 0. The van der Waals surface area contributed by atoms with Crippen LogP contribution >= 0.6 is 0 Å². The molecule has 1 aliphatic rings. The molecule has 0 aliphatic carbocycles. The number of carbonyl (C=O) groups excluding carboxylic acids is 2. The monoisotopic (exact) mass is 439 g/mol. The maximum Gasteiger partial charge on any atom is 0.355 e. The number of hydrogen-bond acceptors (Lipinski definition) is 7. The summed E-state index contributed by atoms with van der Waals surface area (Å²) in [4.78, 5) is 26.6. The van der Waals surface area contributed by atoms with Crippen molar-refractivity contribution in [3.05, 3.63) is 84.2 Å².